The van der Waals surface area contributed by atoms with Crippen LogP contribution in [0.3, 0.4) is 0 Å². The molecule has 1 amide bonds. The first kappa shape index (κ1) is 17.7. The van der Waals surface area contributed by atoms with Crippen molar-refractivity contribution in [2.45, 2.75) is 32.6 Å². The highest BCUT2D eigenvalue weighted by atomic mass is 32.1. The predicted molar refractivity (Wildman–Crippen MR) is 102 cm³/mol. The Bertz CT molecular complexity index is 678. The maximum atomic E-state index is 12.1. The fourth-order valence-electron chi connectivity index (χ4n) is 2.91. The van der Waals surface area contributed by atoms with E-state index in [1.54, 1.807) is 11.3 Å². The van der Waals surface area contributed by atoms with Crippen LogP contribution in [-0.2, 0) is 17.6 Å². The standard InChI is InChI=1S/C19H25N3O2S/c1-2-24-17-7-5-15(6-8-17)13-18(23)20-10-9-16-14-25-19(21-16)22-11-3-4-12-22/h5-8,14H,2-4,9-13H2,1H3,(H,20,23). The summed E-state index contributed by atoms with van der Waals surface area (Å²) in [5, 5.41) is 6.20. The summed E-state index contributed by atoms with van der Waals surface area (Å²) in [5.41, 5.74) is 2.05. The number of thiazole rings is 1. The Kier molecular flexibility index (Phi) is 6.28. The van der Waals surface area contributed by atoms with Gasteiger partial charge in [0.05, 0.1) is 18.7 Å². The third-order valence-electron chi connectivity index (χ3n) is 4.22. The predicted octanol–water partition coefficient (Wildman–Crippen LogP) is 3.04. The van der Waals surface area contributed by atoms with Gasteiger partial charge in [0.25, 0.3) is 0 Å². The molecule has 0 bridgehead atoms. The number of hydrogen-bond acceptors (Lipinski definition) is 5. The molecule has 0 aliphatic carbocycles. The molecule has 2 heterocycles. The van der Waals surface area contributed by atoms with Crippen LogP contribution in [0.2, 0.25) is 0 Å². The lowest BCUT2D eigenvalue weighted by molar-refractivity contribution is -0.120. The van der Waals surface area contributed by atoms with Gasteiger partial charge in [-0.1, -0.05) is 12.1 Å². The third kappa shape index (κ3) is 5.19. The molecule has 0 radical (unpaired) electrons. The number of carbonyl (C=O) groups is 1. The first-order chi connectivity index (χ1) is 12.2. The van der Waals surface area contributed by atoms with Gasteiger partial charge in [0.15, 0.2) is 5.13 Å². The van der Waals surface area contributed by atoms with E-state index in [4.69, 9.17) is 4.74 Å². The van der Waals surface area contributed by atoms with Crippen molar-refractivity contribution in [1.29, 1.82) is 0 Å². The molecule has 0 spiro atoms. The number of carbonyl (C=O) groups excluding carboxylic acids is 1. The number of nitrogens with one attached hydrogen (secondary N) is 1. The van der Waals surface area contributed by atoms with Gasteiger partial charge in [0.2, 0.25) is 5.91 Å². The molecule has 1 aliphatic rings. The summed E-state index contributed by atoms with van der Waals surface area (Å²) in [4.78, 5) is 19.1. The Hall–Kier alpha value is -2.08. The van der Waals surface area contributed by atoms with Crippen LogP contribution in [0, 0.1) is 0 Å². The topological polar surface area (TPSA) is 54.5 Å². The minimum atomic E-state index is 0.0409. The number of amides is 1. The van der Waals surface area contributed by atoms with Crippen molar-refractivity contribution in [1.82, 2.24) is 10.3 Å². The highest BCUT2D eigenvalue weighted by Gasteiger charge is 2.15. The van der Waals surface area contributed by atoms with Gasteiger partial charge in [-0.3, -0.25) is 4.79 Å². The Labute approximate surface area is 153 Å². The lowest BCUT2D eigenvalue weighted by atomic mass is 10.1. The second kappa shape index (κ2) is 8.85. The summed E-state index contributed by atoms with van der Waals surface area (Å²) < 4.78 is 5.41. The second-order valence-corrected chi connectivity index (χ2v) is 7.01. The number of ether oxygens (including phenoxy) is 1. The maximum Gasteiger partial charge on any atom is 0.224 e. The number of rotatable bonds is 8. The quantitative estimate of drug-likeness (QED) is 0.787. The minimum absolute atomic E-state index is 0.0409. The molecule has 6 heteroatoms. The molecular formula is C19H25N3O2S. The Morgan fingerprint density at radius 2 is 2.04 bits per heavy atom. The van der Waals surface area contributed by atoms with E-state index in [0.29, 0.717) is 19.6 Å². The summed E-state index contributed by atoms with van der Waals surface area (Å²) in [6.45, 7) is 5.46. The average molecular weight is 359 g/mol. The molecule has 25 heavy (non-hydrogen) atoms. The van der Waals surface area contributed by atoms with Crippen LogP contribution in [0.5, 0.6) is 5.75 Å². The molecule has 5 nitrogen and oxygen atoms in total. The van der Waals surface area contributed by atoms with E-state index >= 15 is 0 Å². The molecule has 1 N–H and O–H groups in total. The van der Waals surface area contributed by atoms with Crippen LogP contribution in [0.1, 0.15) is 31.0 Å². The second-order valence-electron chi connectivity index (χ2n) is 6.17. The zero-order valence-corrected chi connectivity index (χ0v) is 15.5. The largest absolute Gasteiger partial charge is 0.494 e. The average Bonchev–Trinajstić information content (AvgIpc) is 3.28. The molecule has 1 aromatic heterocycles. The van der Waals surface area contributed by atoms with E-state index in [-0.39, 0.29) is 5.91 Å². The van der Waals surface area contributed by atoms with Gasteiger partial charge < -0.3 is 15.0 Å². The molecule has 0 saturated carbocycles. The highest BCUT2D eigenvalue weighted by Crippen LogP contribution is 2.24. The zero-order valence-electron chi connectivity index (χ0n) is 14.7. The molecule has 0 atom stereocenters. The van der Waals surface area contributed by atoms with Crippen molar-refractivity contribution in [2.24, 2.45) is 0 Å². The number of nitrogens with zero attached hydrogens (tertiary/aromatic N) is 2. The van der Waals surface area contributed by atoms with Gasteiger partial charge in [-0.25, -0.2) is 4.98 Å². The molecule has 2 aromatic rings. The van der Waals surface area contributed by atoms with Gasteiger partial charge in [-0.05, 0) is 37.5 Å². The van der Waals surface area contributed by atoms with Gasteiger partial charge in [-0.15, -0.1) is 11.3 Å². The summed E-state index contributed by atoms with van der Waals surface area (Å²) >= 11 is 1.70. The van der Waals surface area contributed by atoms with E-state index in [2.05, 4.69) is 20.6 Å². The Morgan fingerprint density at radius 3 is 2.76 bits per heavy atom. The van der Waals surface area contributed by atoms with Crippen LogP contribution in [0.15, 0.2) is 29.6 Å². The first-order valence-corrected chi connectivity index (χ1v) is 9.80. The Balaban J connectivity index is 1.40. The summed E-state index contributed by atoms with van der Waals surface area (Å²) in [5.74, 6) is 0.878. The summed E-state index contributed by atoms with van der Waals surface area (Å²) in [6.07, 6.45) is 3.69. The smallest absolute Gasteiger partial charge is 0.224 e. The number of benzene rings is 1. The van der Waals surface area contributed by atoms with Crippen molar-refractivity contribution in [3.8, 4) is 5.75 Å². The van der Waals surface area contributed by atoms with Crippen LogP contribution < -0.4 is 15.0 Å². The Morgan fingerprint density at radius 1 is 1.28 bits per heavy atom. The molecule has 1 aliphatic heterocycles. The lowest BCUT2D eigenvalue weighted by Gasteiger charge is -2.12. The van der Waals surface area contributed by atoms with Crippen LogP contribution >= 0.6 is 11.3 Å². The van der Waals surface area contributed by atoms with E-state index in [0.717, 1.165) is 41.6 Å². The van der Waals surface area contributed by atoms with Crippen molar-refractivity contribution in [2.75, 3.05) is 31.1 Å². The molecular weight excluding hydrogens is 334 g/mol. The van der Waals surface area contributed by atoms with Gasteiger partial charge in [-0.2, -0.15) is 0 Å². The molecule has 1 saturated heterocycles. The molecule has 1 aromatic carbocycles. The summed E-state index contributed by atoms with van der Waals surface area (Å²) in [6, 6.07) is 7.68. The molecule has 134 valence electrons. The van der Waals surface area contributed by atoms with Crippen molar-refractivity contribution < 1.29 is 9.53 Å². The normalized spacial score (nSPS) is 13.9. The van der Waals surface area contributed by atoms with Gasteiger partial charge in [0.1, 0.15) is 5.75 Å². The SMILES string of the molecule is CCOc1ccc(CC(=O)NCCc2csc(N3CCCC3)n2)cc1. The third-order valence-corrected chi connectivity index (χ3v) is 5.17. The number of anilines is 1. The fourth-order valence-corrected chi connectivity index (χ4v) is 3.83. The van der Waals surface area contributed by atoms with E-state index in [9.17, 15) is 4.79 Å². The number of hydrogen-bond donors (Lipinski definition) is 1. The maximum absolute atomic E-state index is 12.1. The lowest BCUT2D eigenvalue weighted by Crippen LogP contribution is -2.27. The van der Waals surface area contributed by atoms with Crippen LogP contribution in [0.25, 0.3) is 0 Å². The van der Waals surface area contributed by atoms with Crippen molar-refractivity contribution >= 4 is 22.4 Å². The van der Waals surface area contributed by atoms with Crippen LogP contribution in [-0.4, -0.2) is 37.1 Å². The van der Waals surface area contributed by atoms with Crippen molar-refractivity contribution in [3.63, 3.8) is 0 Å². The molecule has 1 fully saturated rings. The minimum Gasteiger partial charge on any atom is -0.494 e. The van der Waals surface area contributed by atoms with E-state index in [1.165, 1.54) is 12.8 Å². The monoisotopic (exact) mass is 359 g/mol. The molecule has 3 rings (SSSR count). The summed E-state index contributed by atoms with van der Waals surface area (Å²) in [7, 11) is 0. The van der Waals surface area contributed by atoms with Gasteiger partial charge >= 0.3 is 0 Å². The number of aromatic nitrogens is 1. The molecule has 0 unspecified atom stereocenters. The van der Waals surface area contributed by atoms with E-state index < -0.39 is 0 Å². The first-order valence-electron chi connectivity index (χ1n) is 8.92. The van der Waals surface area contributed by atoms with Gasteiger partial charge in [0, 0.05) is 31.4 Å². The van der Waals surface area contributed by atoms with Crippen LogP contribution in [0.4, 0.5) is 5.13 Å². The highest BCUT2D eigenvalue weighted by molar-refractivity contribution is 7.13. The fraction of sp³-hybridized carbons (Fsp3) is 0.474. The zero-order chi connectivity index (χ0) is 17.5. The van der Waals surface area contributed by atoms with Crippen molar-refractivity contribution in [3.05, 3.63) is 40.9 Å². The van der Waals surface area contributed by atoms with E-state index in [1.807, 2.05) is 31.2 Å².